The summed E-state index contributed by atoms with van der Waals surface area (Å²) in [6, 6.07) is 11.3. The fourth-order valence-electron chi connectivity index (χ4n) is 2.02. The van der Waals surface area contributed by atoms with E-state index in [1.54, 1.807) is 0 Å². The Morgan fingerprint density at radius 3 is 2.64 bits per heavy atom. The van der Waals surface area contributed by atoms with E-state index in [0.29, 0.717) is 6.04 Å². The molecule has 0 bridgehead atoms. The summed E-state index contributed by atoms with van der Waals surface area (Å²) < 4.78 is 0. The molecule has 1 heterocycles. The van der Waals surface area contributed by atoms with Crippen molar-refractivity contribution in [2.24, 2.45) is 0 Å². The maximum Gasteiger partial charge on any atom is 0.0385 e. The number of hydrogen-bond donors (Lipinski definition) is 0. The lowest BCUT2D eigenvalue weighted by Crippen LogP contribution is -2.28. The van der Waals surface area contributed by atoms with Crippen molar-refractivity contribution in [3.63, 3.8) is 0 Å². The Kier molecular flexibility index (Phi) is 2.69. The molecule has 0 N–H and O–H groups in total. The average Bonchev–Trinajstić information content (AvgIpc) is 2.23. The fraction of sp³-hybridized carbons (Fsp3) is 0.385. The van der Waals surface area contributed by atoms with E-state index in [-0.39, 0.29) is 0 Å². The number of likely N-dealkylation sites (N-methyl/N-ethyl adjacent to an activating group) is 1. The first-order valence-corrected chi connectivity index (χ1v) is 5.18. The van der Waals surface area contributed by atoms with E-state index in [0.717, 1.165) is 6.54 Å². The second kappa shape index (κ2) is 3.97. The molecule has 74 valence electrons. The second-order valence-electron chi connectivity index (χ2n) is 4.12. The molecular weight excluding hydrogens is 170 g/mol. The molecule has 1 unspecified atom stereocenters. The maximum atomic E-state index is 2.41. The first-order valence-electron chi connectivity index (χ1n) is 5.18. The largest absolute Gasteiger partial charge is 0.295 e. The minimum absolute atomic E-state index is 0.571. The van der Waals surface area contributed by atoms with Crippen LogP contribution in [0.3, 0.4) is 0 Å². The first-order chi connectivity index (χ1) is 6.77. The molecule has 0 saturated carbocycles. The maximum absolute atomic E-state index is 2.41. The van der Waals surface area contributed by atoms with Crippen LogP contribution in [0.15, 0.2) is 42.0 Å². The van der Waals surface area contributed by atoms with Crippen LogP contribution in [0.5, 0.6) is 0 Å². The SMILES string of the molecule is CC1=CCN(C)C(c2ccccc2)C1. The van der Waals surface area contributed by atoms with Crippen molar-refractivity contribution in [3.8, 4) is 0 Å². The highest BCUT2D eigenvalue weighted by Crippen LogP contribution is 2.29. The summed E-state index contributed by atoms with van der Waals surface area (Å²) in [6.45, 7) is 3.30. The highest BCUT2D eigenvalue weighted by molar-refractivity contribution is 5.23. The molecule has 1 atom stereocenters. The molecule has 0 aliphatic carbocycles. The van der Waals surface area contributed by atoms with E-state index in [2.05, 4.69) is 55.3 Å². The predicted octanol–water partition coefficient (Wildman–Crippen LogP) is 3.01. The number of hydrogen-bond acceptors (Lipinski definition) is 1. The summed E-state index contributed by atoms with van der Waals surface area (Å²) in [5.74, 6) is 0. The van der Waals surface area contributed by atoms with Crippen LogP contribution in [0, 0.1) is 0 Å². The molecule has 1 nitrogen and oxygen atoms in total. The fourth-order valence-corrected chi connectivity index (χ4v) is 2.02. The van der Waals surface area contributed by atoms with E-state index in [9.17, 15) is 0 Å². The van der Waals surface area contributed by atoms with Gasteiger partial charge in [0.2, 0.25) is 0 Å². The van der Waals surface area contributed by atoms with Crippen molar-refractivity contribution in [2.75, 3.05) is 13.6 Å². The molecule has 14 heavy (non-hydrogen) atoms. The van der Waals surface area contributed by atoms with Crippen molar-refractivity contribution in [2.45, 2.75) is 19.4 Å². The van der Waals surface area contributed by atoms with Gasteiger partial charge >= 0.3 is 0 Å². The third-order valence-corrected chi connectivity index (χ3v) is 2.96. The van der Waals surface area contributed by atoms with Gasteiger partial charge in [0.05, 0.1) is 0 Å². The van der Waals surface area contributed by atoms with Gasteiger partial charge in [-0.1, -0.05) is 42.0 Å². The molecular formula is C13H17N. The van der Waals surface area contributed by atoms with Crippen molar-refractivity contribution < 1.29 is 0 Å². The van der Waals surface area contributed by atoms with E-state index < -0.39 is 0 Å². The van der Waals surface area contributed by atoms with Crippen LogP contribution in [0.2, 0.25) is 0 Å². The van der Waals surface area contributed by atoms with Gasteiger partial charge in [0.1, 0.15) is 0 Å². The zero-order valence-electron chi connectivity index (χ0n) is 8.90. The zero-order chi connectivity index (χ0) is 9.97. The van der Waals surface area contributed by atoms with E-state index in [1.165, 1.54) is 17.6 Å². The average molecular weight is 187 g/mol. The lowest BCUT2D eigenvalue weighted by molar-refractivity contribution is 0.255. The lowest BCUT2D eigenvalue weighted by atomic mass is 9.95. The van der Waals surface area contributed by atoms with Gasteiger partial charge in [-0.2, -0.15) is 0 Å². The second-order valence-corrected chi connectivity index (χ2v) is 4.12. The quantitative estimate of drug-likeness (QED) is 0.611. The normalized spacial score (nSPS) is 23.3. The summed E-state index contributed by atoms with van der Waals surface area (Å²) in [5.41, 5.74) is 2.94. The van der Waals surface area contributed by atoms with Gasteiger partial charge in [-0.05, 0) is 26.0 Å². The van der Waals surface area contributed by atoms with Crippen LogP contribution >= 0.6 is 0 Å². The summed E-state index contributed by atoms with van der Waals surface area (Å²) in [5, 5.41) is 0. The summed E-state index contributed by atoms with van der Waals surface area (Å²) >= 11 is 0. The Morgan fingerprint density at radius 1 is 1.21 bits per heavy atom. The third kappa shape index (κ3) is 1.88. The van der Waals surface area contributed by atoms with Gasteiger partial charge in [-0.25, -0.2) is 0 Å². The third-order valence-electron chi connectivity index (χ3n) is 2.96. The molecule has 0 spiro atoms. The Hall–Kier alpha value is -1.08. The molecule has 1 aliphatic heterocycles. The molecule has 1 aromatic carbocycles. The van der Waals surface area contributed by atoms with E-state index in [4.69, 9.17) is 0 Å². The van der Waals surface area contributed by atoms with Crippen LogP contribution in [0.4, 0.5) is 0 Å². The van der Waals surface area contributed by atoms with Crippen LogP contribution in [-0.4, -0.2) is 18.5 Å². The topological polar surface area (TPSA) is 3.24 Å². The van der Waals surface area contributed by atoms with Crippen LogP contribution < -0.4 is 0 Å². The lowest BCUT2D eigenvalue weighted by Gasteiger charge is -2.31. The van der Waals surface area contributed by atoms with Crippen LogP contribution in [0.1, 0.15) is 24.9 Å². The zero-order valence-corrected chi connectivity index (χ0v) is 8.90. The van der Waals surface area contributed by atoms with Gasteiger partial charge in [0.15, 0.2) is 0 Å². The van der Waals surface area contributed by atoms with Crippen molar-refractivity contribution in [1.29, 1.82) is 0 Å². The standard InChI is InChI=1S/C13H17N/c1-11-8-9-14(2)13(10-11)12-6-4-3-5-7-12/h3-8,13H,9-10H2,1-2H3. The van der Waals surface area contributed by atoms with Gasteiger partial charge in [-0.3, -0.25) is 4.90 Å². The molecule has 1 heteroatoms. The van der Waals surface area contributed by atoms with Gasteiger partial charge in [0.25, 0.3) is 0 Å². The van der Waals surface area contributed by atoms with Gasteiger partial charge in [-0.15, -0.1) is 0 Å². The molecule has 0 aromatic heterocycles. The molecule has 1 aliphatic rings. The Labute approximate surface area is 86.1 Å². The smallest absolute Gasteiger partial charge is 0.0385 e. The highest BCUT2D eigenvalue weighted by atomic mass is 15.1. The van der Waals surface area contributed by atoms with E-state index in [1.807, 2.05) is 0 Å². The molecule has 2 rings (SSSR count). The summed E-state index contributed by atoms with van der Waals surface area (Å²) in [6.07, 6.45) is 3.49. The number of nitrogens with zero attached hydrogens (tertiary/aromatic N) is 1. The molecule has 0 fully saturated rings. The number of rotatable bonds is 1. The van der Waals surface area contributed by atoms with Crippen molar-refractivity contribution >= 4 is 0 Å². The van der Waals surface area contributed by atoms with E-state index >= 15 is 0 Å². The highest BCUT2D eigenvalue weighted by Gasteiger charge is 2.19. The molecule has 0 saturated heterocycles. The van der Waals surface area contributed by atoms with Gasteiger partial charge < -0.3 is 0 Å². The Bertz CT molecular complexity index is 326. The molecule has 1 aromatic rings. The minimum Gasteiger partial charge on any atom is -0.295 e. The summed E-state index contributed by atoms with van der Waals surface area (Å²) in [7, 11) is 2.20. The monoisotopic (exact) mass is 187 g/mol. The molecule has 0 amide bonds. The van der Waals surface area contributed by atoms with Crippen molar-refractivity contribution in [3.05, 3.63) is 47.5 Å². The summed E-state index contributed by atoms with van der Waals surface area (Å²) in [4.78, 5) is 2.41. The minimum atomic E-state index is 0.571. The molecule has 0 radical (unpaired) electrons. The first kappa shape index (κ1) is 9.47. The predicted molar refractivity (Wildman–Crippen MR) is 60.2 cm³/mol. The van der Waals surface area contributed by atoms with Crippen LogP contribution in [0.25, 0.3) is 0 Å². The van der Waals surface area contributed by atoms with Gasteiger partial charge in [0, 0.05) is 12.6 Å². The number of benzene rings is 1. The Morgan fingerprint density at radius 2 is 1.93 bits per heavy atom. The van der Waals surface area contributed by atoms with Crippen molar-refractivity contribution in [1.82, 2.24) is 4.90 Å². The Balaban J connectivity index is 2.23. The van der Waals surface area contributed by atoms with Crippen LogP contribution in [-0.2, 0) is 0 Å².